The third-order valence-corrected chi connectivity index (χ3v) is 2.50. The minimum absolute atomic E-state index is 0.592. The highest BCUT2D eigenvalue weighted by molar-refractivity contribution is 4.70. The van der Waals surface area contributed by atoms with Crippen molar-refractivity contribution in [2.75, 3.05) is 40.8 Å². The van der Waals surface area contributed by atoms with Crippen molar-refractivity contribution in [3.8, 4) is 0 Å². The van der Waals surface area contributed by atoms with Gasteiger partial charge in [-0.1, -0.05) is 13.8 Å². The van der Waals surface area contributed by atoms with E-state index >= 15 is 0 Å². The van der Waals surface area contributed by atoms with Gasteiger partial charge in [-0.05, 0) is 46.6 Å². The minimum atomic E-state index is 0.592. The van der Waals surface area contributed by atoms with Gasteiger partial charge in [-0.3, -0.25) is 0 Å². The van der Waals surface area contributed by atoms with Crippen molar-refractivity contribution in [3.63, 3.8) is 0 Å². The molecular formula is C11H27N3. The summed E-state index contributed by atoms with van der Waals surface area (Å²) in [5.74, 6) is 0.696. The number of likely N-dealkylation sites (N-methyl/N-ethyl adjacent to an activating group) is 1. The van der Waals surface area contributed by atoms with Gasteiger partial charge in [-0.2, -0.15) is 0 Å². The normalized spacial score (nSPS) is 13.9. The van der Waals surface area contributed by atoms with Gasteiger partial charge < -0.3 is 15.5 Å². The lowest BCUT2D eigenvalue weighted by Crippen LogP contribution is -2.40. The Bertz CT molecular complexity index is 124. The maximum atomic E-state index is 3.48. The predicted molar refractivity (Wildman–Crippen MR) is 63.7 cm³/mol. The van der Waals surface area contributed by atoms with Crippen LogP contribution in [0.1, 0.15) is 20.3 Å². The van der Waals surface area contributed by atoms with Gasteiger partial charge in [0.2, 0.25) is 0 Å². The third kappa shape index (κ3) is 7.30. The van der Waals surface area contributed by atoms with Crippen molar-refractivity contribution >= 4 is 0 Å². The highest BCUT2D eigenvalue weighted by atomic mass is 15.1. The highest BCUT2D eigenvalue weighted by Crippen LogP contribution is 1.98. The molecule has 86 valence electrons. The van der Waals surface area contributed by atoms with Crippen molar-refractivity contribution in [2.45, 2.75) is 26.3 Å². The molecule has 0 aliphatic carbocycles. The van der Waals surface area contributed by atoms with Crippen LogP contribution in [0.3, 0.4) is 0 Å². The second-order valence-electron chi connectivity index (χ2n) is 4.50. The van der Waals surface area contributed by atoms with Crippen LogP contribution in [0.15, 0.2) is 0 Å². The van der Waals surface area contributed by atoms with Crippen LogP contribution < -0.4 is 10.6 Å². The average molecular weight is 201 g/mol. The van der Waals surface area contributed by atoms with Crippen LogP contribution in [0.25, 0.3) is 0 Å². The van der Waals surface area contributed by atoms with Gasteiger partial charge in [-0.25, -0.2) is 0 Å². The van der Waals surface area contributed by atoms with Gasteiger partial charge in [0, 0.05) is 12.6 Å². The van der Waals surface area contributed by atoms with Crippen LogP contribution in [0, 0.1) is 5.92 Å². The molecule has 0 fully saturated rings. The van der Waals surface area contributed by atoms with E-state index in [1.807, 2.05) is 7.05 Å². The highest BCUT2D eigenvalue weighted by Gasteiger charge is 2.08. The molecule has 1 atom stereocenters. The Kier molecular flexibility index (Phi) is 8.14. The van der Waals surface area contributed by atoms with E-state index in [0.29, 0.717) is 12.0 Å². The van der Waals surface area contributed by atoms with Gasteiger partial charge in [0.25, 0.3) is 0 Å². The van der Waals surface area contributed by atoms with E-state index in [-0.39, 0.29) is 0 Å². The fourth-order valence-electron chi connectivity index (χ4n) is 1.45. The summed E-state index contributed by atoms with van der Waals surface area (Å²) in [5.41, 5.74) is 0. The molecule has 0 saturated carbocycles. The Balaban J connectivity index is 3.33. The van der Waals surface area contributed by atoms with E-state index in [4.69, 9.17) is 0 Å². The maximum Gasteiger partial charge on any atom is 0.0212 e. The molecule has 2 N–H and O–H groups in total. The maximum absolute atomic E-state index is 3.48. The molecule has 3 heteroatoms. The van der Waals surface area contributed by atoms with Crippen molar-refractivity contribution in [1.82, 2.24) is 15.5 Å². The van der Waals surface area contributed by atoms with Gasteiger partial charge >= 0.3 is 0 Å². The quantitative estimate of drug-likeness (QED) is 0.568. The van der Waals surface area contributed by atoms with Crippen molar-refractivity contribution in [1.29, 1.82) is 0 Å². The smallest absolute Gasteiger partial charge is 0.0212 e. The molecule has 0 aromatic heterocycles. The van der Waals surface area contributed by atoms with Crippen LogP contribution >= 0.6 is 0 Å². The number of nitrogens with zero attached hydrogens (tertiary/aromatic N) is 1. The Morgan fingerprint density at radius 1 is 1.21 bits per heavy atom. The van der Waals surface area contributed by atoms with E-state index in [0.717, 1.165) is 13.1 Å². The largest absolute Gasteiger partial charge is 0.315 e. The fraction of sp³-hybridized carbons (Fsp3) is 1.00. The summed E-state index contributed by atoms with van der Waals surface area (Å²) < 4.78 is 0. The summed E-state index contributed by atoms with van der Waals surface area (Å²) in [7, 11) is 6.27. The minimum Gasteiger partial charge on any atom is -0.315 e. The molecule has 0 aromatic rings. The topological polar surface area (TPSA) is 27.3 Å². The summed E-state index contributed by atoms with van der Waals surface area (Å²) in [5, 5.41) is 6.81. The zero-order chi connectivity index (χ0) is 11.0. The molecule has 0 spiro atoms. The first-order valence-electron chi connectivity index (χ1n) is 5.60. The molecule has 0 amide bonds. The van der Waals surface area contributed by atoms with E-state index in [1.165, 1.54) is 13.0 Å². The molecule has 0 aliphatic heterocycles. The molecule has 0 rings (SSSR count). The molecule has 0 radical (unpaired) electrons. The average Bonchev–Trinajstić information content (AvgIpc) is 2.10. The lowest BCUT2D eigenvalue weighted by atomic mass is 10.1. The van der Waals surface area contributed by atoms with Gasteiger partial charge in [-0.15, -0.1) is 0 Å². The molecule has 0 bridgehead atoms. The van der Waals surface area contributed by atoms with Gasteiger partial charge in [0.1, 0.15) is 0 Å². The molecule has 0 heterocycles. The van der Waals surface area contributed by atoms with Gasteiger partial charge in [0.15, 0.2) is 0 Å². The Morgan fingerprint density at radius 3 is 2.29 bits per heavy atom. The first-order valence-corrected chi connectivity index (χ1v) is 5.60. The van der Waals surface area contributed by atoms with Crippen molar-refractivity contribution in [2.24, 2.45) is 5.92 Å². The number of rotatable bonds is 8. The number of hydrogen-bond acceptors (Lipinski definition) is 3. The Morgan fingerprint density at radius 2 is 1.86 bits per heavy atom. The summed E-state index contributed by atoms with van der Waals surface area (Å²) in [6.07, 6.45) is 1.22. The fourth-order valence-corrected chi connectivity index (χ4v) is 1.45. The SMILES string of the molecule is CNC(CNCCCN(C)C)C(C)C. The first kappa shape index (κ1) is 13.9. The molecule has 0 aliphatic rings. The lowest BCUT2D eigenvalue weighted by molar-refractivity contribution is 0.374. The standard InChI is InChI=1S/C11H27N3/c1-10(2)11(12-3)9-13-7-6-8-14(4)5/h10-13H,6-9H2,1-5H3. The second-order valence-corrected chi connectivity index (χ2v) is 4.50. The van der Waals surface area contributed by atoms with E-state index in [2.05, 4.69) is 43.5 Å². The summed E-state index contributed by atoms with van der Waals surface area (Å²) in [4.78, 5) is 2.22. The summed E-state index contributed by atoms with van der Waals surface area (Å²) >= 11 is 0. The van der Waals surface area contributed by atoms with E-state index in [9.17, 15) is 0 Å². The van der Waals surface area contributed by atoms with Gasteiger partial charge in [0.05, 0.1) is 0 Å². The summed E-state index contributed by atoms with van der Waals surface area (Å²) in [6.45, 7) is 7.86. The molecular weight excluding hydrogens is 174 g/mol. The zero-order valence-electron chi connectivity index (χ0n) is 10.4. The summed E-state index contributed by atoms with van der Waals surface area (Å²) in [6, 6.07) is 0.592. The van der Waals surface area contributed by atoms with Crippen LogP contribution in [0.2, 0.25) is 0 Å². The molecule has 0 saturated heterocycles. The third-order valence-electron chi connectivity index (χ3n) is 2.50. The van der Waals surface area contributed by atoms with Crippen molar-refractivity contribution in [3.05, 3.63) is 0 Å². The van der Waals surface area contributed by atoms with Crippen LogP contribution in [0.5, 0.6) is 0 Å². The van der Waals surface area contributed by atoms with E-state index in [1.54, 1.807) is 0 Å². The number of nitrogens with one attached hydrogen (secondary N) is 2. The van der Waals surface area contributed by atoms with Crippen LogP contribution in [-0.2, 0) is 0 Å². The second kappa shape index (κ2) is 8.21. The zero-order valence-corrected chi connectivity index (χ0v) is 10.4. The van der Waals surface area contributed by atoms with Crippen molar-refractivity contribution < 1.29 is 0 Å². The lowest BCUT2D eigenvalue weighted by Gasteiger charge is -2.20. The van der Waals surface area contributed by atoms with Crippen LogP contribution in [0.4, 0.5) is 0 Å². The monoisotopic (exact) mass is 201 g/mol. The Hall–Kier alpha value is -0.120. The number of hydrogen-bond donors (Lipinski definition) is 2. The molecule has 14 heavy (non-hydrogen) atoms. The van der Waals surface area contributed by atoms with E-state index < -0.39 is 0 Å². The van der Waals surface area contributed by atoms with Crippen LogP contribution in [-0.4, -0.2) is 51.7 Å². The first-order chi connectivity index (χ1) is 6.57. The molecule has 0 aromatic carbocycles. The Labute approximate surface area is 89.2 Å². The molecule has 1 unspecified atom stereocenters. The molecule has 3 nitrogen and oxygen atoms in total. The predicted octanol–water partition coefficient (Wildman–Crippen LogP) is 0.772.